The molecule has 1 aliphatic rings. The van der Waals surface area contributed by atoms with Crippen LogP contribution in [0.3, 0.4) is 0 Å². The fraction of sp³-hybridized carbons (Fsp3) is 0.182. The molecule has 2 heteroatoms. The highest BCUT2D eigenvalue weighted by Gasteiger charge is 2.23. The number of carbonyl (C=O) groups is 1. The molecule has 0 bridgehead atoms. The van der Waals surface area contributed by atoms with Crippen LogP contribution in [-0.4, -0.2) is 5.78 Å². The molecule has 13 heavy (non-hydrogen) atoms. The van der Waals surface area contributed by atoms with Gasteiger partial charge in [-0.1, -0.05) is 0 Å². The Kier molecular flexibility index (Phi) is 1.64. The minimum absolute atomic E-state index is 0.0995. The Morgan fingerprint density at radius 2 is 2.23 bits per heavy atom. The van der Waals surface area contributed by atoms with Crippen molar-refractivity contribution in [3.05, 3.63) is 35.5 Å². The average Bonchev–Trinajstić information content (AvgIpc) is 2.47. The summed E-state index contributed by atoms with van der Waals surface area (Å²) in [6, 6.07) is 5.64. The van der Waals surface area contributed by atoms with Crippen molar-refractivity contribution in [3.63, 3.8) is 0 Å². The molecule has 1 aliphatic heterocycles. The van der Waals surface area contributed by atoms with Gasteiger partial charge in [0.15, 0.2) is 22.6 Å². The molecule has 0 spiro atoms. The molecule has 0 atom stereocenters. The van der Waals surface area contributed by atoms with Crippen molar-refractivity contribution in [2.75, 3.05) is 5.32 Å². The molecule has 0 fully saturated rings. The summed E-state index contributed by atoms with van der Waals surface area (Å²) in [6.07, 6.45) is 3.01. The fourth-order valence-electron chi connectivity index (χ4n) is 1.41. The Morgan fingerprint density at radius 3 is 2.92 bits per heavy atom. The van der Waals surface area contributed by atoms with E-state index in [1.54, 1.807) is 6.92 Å². The third-order valence-corrected chi connectivity index (χ3v) is 2.21. The molecular formula is C11H10NO+. The lowest BCUT2D eigenvalue weighted by Crippen LogP contribution is -1.93. The lowest BCUT2D eigenvalue weighted by molar-refractivity contribution is 0.101. The van der Waals surface area contributed by atoms with Crippen LogP contribution in [0, 0.1) is 6.20 Å². The summed E-state index contributed by atoms with van der Waals surface area (Å²) in [6.45, 7) is 3.55. The van der Waals surface area contributed by atoms with E-state index in [9.17, 15) is 4.79 Å². The van der Waals surface area contributed by atoms with Crippen LogP contribution in [0.4, 0.5) is 5.69 Å². The maximum absolute atomic E-state index is 11.1. The molecule has 1 aromatic rings. The smallest absolute Gasteiger partial charge is 0.198 e. The van der Waals surface area contributed by atoms with E-state index in [0.717, 1.165) is 22.4 Å². The summed E-state index contributed by atoms with van der Waals surface area (Å²) >= 11 is 0. The molecule has 0 radical (unpaired) electrons. The summed E-state index contributed by atoms with van der Waals surface area (Å²) in [5.74, 6) is 0.0995. The van der Waals surface area contributed by atoms with Crippen molar-refractivity contribution in [3.8, 4) is 0 Å². The maximum atomic E-state index is 11.1. The molecule has 1 N–H and O–H groups in total. The van der Waals surface area contributed by atoms with Gasteiger partial charge in [-0.15, -0.1) is 0 Å². The summed E-state index contributed by atoms with van der Waals surface area (Å²) in [4.78, 5) is 11.1. The fourth-order valence-corrected chi connectivity index (χ4v) is 1.41. The Morgan fingerprint density at radius 1 is 1.46 bits per heavy atom. The molecule has 0 saturated heterocycles. The zero-order chi connectivity index (χ0) is 9.42. The van der Waals surface area contributed by atoms with E-state index < -0.39 is 0 Å². The van der Waals surface area contributed by atoms with Crippen LogP contribution in [0.5, 0.6) is 0 Å². The molecule has 64 valence electrons. The van der Waals surface area contributed by atoms with Gasteiger partial charge in [-0.3, -0.25) is 4.79 Å². The normalized spacial score (nSPS) is 12.6. The number of anilines is 1. The van der Waals surface area contributed by atoms with Crippen molar-refractivity contribution < 1.29 is 4.79 Å². The molecule has 0 aromatic heterocycles. The first-order chi connectivity index (χ1) is 6.18. The number of carbonyl (C=O) groups excluding carboxylic acids is 1. The number of nitrogens with one attached hydrogen (secondary N) is 1. The van der Waals surface area contributed by atoms with E-state index >= 15 is 0 Å². The highest BCUT2D eigenvalue weighted by atomic mass is 16.1. The van der Waals surface area contributed by atoms with Gasteiger partial charge in [0.05, 0.1) is 0 Å². The van der Waals surface area contributed by atoms with Crippen molar-refractivity contribution in [1.29, 1.82) is 0 Å². The molecule has 1 heterocycles. The Balaban J connectivity index is 2.53. The second-order valence-corrected chi connectivity index (χ2v) is 3.19. The second kappa shape index (κ2) is 2.68. The van der Waals surface area contributed by atoms with Gasteiger partial charge in [-0.2, -0.15) is 5.32 Å². The quantitative estimate of drug-likeness (QED) is 0.520. The lowest BCUT2D eigenvalue weighted by Gasteiger charge is -1.94. The molecule has 0 saturated carbocycles. The van der Waals surface area contributed by atoms with Crippen LogP contribution in [0.25, 0.3) is 5.57 Å². The highest BCUT2D eigenvalue weighted by molar-refractivity contribution is 5.96. The zero-order valence-electron chi connectivity index (χ0n) is 7.64. The van der Waals surface area contributed by atoms with Crippen LogP contribution in [0.15, 0.2) is 18.2 Å². The number of hydrogen-bond acceptors (Lipinski definition) is 2. The van der Waals surface area contributed by atoms with Crippen molar-refractivity contribution in [2.45, 2.75) is 13.8 Å². The van der Waals surface area contributed by atoms with Gasteiger partial charge in [-0.25, -0.2) is 0 Å². The Hall–Kier alpha value is -1.66. The molecule has 2 rings (SSSR count). The third kappa shape index (κ3) is 1.21. The highest BCUT2D eigenvalue weighted by Crippen LogP contribution is 2.29. The lowest BCUT2D eigenvalue weighted by atomic mass is 10.0. The summed E-state index contributed by atoms with van der Waals surface area (Å²) in [5.41, 5.74) is 3.91. The summed E-state index contributed by atoms with van der Waals surface area (Å²) in [7, 11) is 0. The second-order valence-electron chi connectivity index (χ2n) is 3.19. The van der Waals surface area contributed by atoms with Crippen LogP contribution in [0.2, 0.25) is 0 Å². The molecule has 2 nitrogen and oxygen atoms in total. The van der Waals surface area contributed by atoms with Crippen molar-refractivity contribution >= 4 is 17.0 Å². The van der Waals surface area contributed by atoms with Gasteiger partial charge in [0.1, 0.15) is 6.20 Å². The van der Waals surface area contributed by atoms with Gasteiger partial charge in [0, 0.05) is 17.7 Å². The number of rotatable bonds is 1. The number of fused-ring (bicyclic) bond motifs is 1. The van der Waals surface area contributed by atoms with Crippen LogP contribution in [0.1, 0.15) is 29.8 Å². The van der Waals surface area contributed by atoms with E-state index in [0.29, 0.717) is 0 Å². The number of hydrogen-bond donors (Lipinski definition) is 1. The van der Waals surface area contributed by atoms with E-state index in [4.69, 9.17) is 0 Å². The predicted molar refractivity (Wildman–Crippen MR) is 52.4 cm³/mol. The van der Waals surface area contributed by atoms with E-state index in [1.165, 1.54) is 0 Å². The number of Topliss-reactive ketones (excluding diaryl/α,β-unsaturated/α-hetero) is 1. The number of benzene rings is 1. The van der Waals surface area contributed by atoms with E-state index in [1.807, 2.05) is 25.1 Å². The summed E-state index contributed by atoms with van der Waals surface area (Å²) in [5, 5.41) is 3.02. The van der Waals surface area contributed by atoms with Gasteiger partial charge < -0.3 is 0 Å². The van der Waals surface area contributed by atoms with E-state index in [-0.39, 0.29) is 5.78 Å². The van der Waals surface area contributed by atoms with E-state index in [2.05, 4.69) is 11.5 Å². The topological polar surface area (TPSA) is 29.1 Å². The van der Waals surface area contributed by atoms with Gasteiger partial charge in [0.25, 0.3) is 0 Å². The van der Waals surface area contributed by atoms with Gasteiger partial charge in [0.2, 0.25) is 0 Å². The van der Waals surface area contributed by atoms with Crippen LogP contribution >= 0.6 is 0 Å². The molecule has 0 unspecified atom stereocenters. The van der Waals surface area contributed by atoms with Crippen LogP contribution < -0.4 is 5.32 Å². The third-order valence-electron chi connectivity index (χ3n) is 2.21. The van der Waals surface area contributed by atoms with Crippen LogP contribution in [-0.2, 0) is 0 Å². The minimum Gasteiger partial charge on any atom is -0.294 e. The maximum Gasteiger partial charge on any atom is 0.198 e. The molecular weight excluding hydrogens is 162 g/mol. The Bertz CT molecular complexity index is 405. The Labute approximate surface area is 77.3 Å². The first kappa shape index (κ1) is 7.96. The van der Waals surface area contributed by atoms with Crippen molar-refractivity contribution in [2.24, 2.45) is 0 Å². The standard InChI is InChI=1S/C11H9NO/c1-7-6-12-11-4-3-9(8(2)13)5-10(7)11/h3-5H,1-2H3/p+1. The first-order valence-electron chi connectivity index (χ1n) is 4.19. The molecule has 0 aliphatic carbocycles. The largest absolute Gasteiger partial charge is 0.294 e. The number of ketones is 1. The number of allylic oxidation sites excluding steroid dienone is 1. The monoisotopic (exact) mass is 172 g/mol. The average molecular weight is 172 g/mol. The van der Waals surface area contributed by atoms with Crippen molar-refractivity contribution in [1.82, 2.24) is 0 Å². The first-order valence-corrected chi connectivity index (χ1v) is 4.19. The minimum atomic E-state index is 0.0995. The SMILES string of the molecule is CC(=O)c1ccc2c(c1)C(C)=[C+]N2. The molecule has 0 amide bonds. The molecule has 1 aromatic carbocycles. The zero-order valence-corrected chi connectivity index (χ0v) is 7.64. The van der Waals surface area contributed by atoms with Gasteiger partial charge >= 0.3 is 0 Å². The van der Waals surface area contributed by atoms with Gasteiger partial charge in [-0.05, 0) is 19.9 Å². The summed E-state index contributed by atoms with van der Waals surface area (Å²) < 4.78 is 0. The predicted octanol–water partition coefficient (Wildman–Crippen LogP) is 2.48.